The molecule has 0 saturated heterocycles. The number of thioether (sulfide) groups is 1. The molecule has 0 spiro atoms. The number of aromatic nitrogens is 3. The van der Waals surface area contributed by atoms with Crippen LogP contribution in [0.3, 0.4) is 0 Å². The molecule has 6 heteroatoms. The van der Waals surface area contributed by atoms with Crippen LogP contribution in [0, 0.1) is 6.92 Å². The lowest BCUT2D eigenvalue weighted by atomic mass is 10.2. The van der Waals surface area contributed by atoms with Gasteiger partial charge >= 0.3 is 0 Å². The van der Waals surface area contributed by atoms with Gasteiger partial charge in [0, 0.05) is 11.3 Å². The summed E-state index contributed by atoms with van der Waals surface area (Å²) in [5, 5.41) is 13.5. The van der Waals surface area contributed by atoms with Gasteiger partial charge < -0.3 is 4.74 Å². The maximum atomic E-state index is 6.00. The fourth-order valence-corrected chi connectivity index (χ4v) is 3.62. The second kappa shape index (κ2) is 9.89. The normalized spacial score (nSPS) is 11.1. The number of ether oxygens (including phenoxy) is 1. The van der Waals surface area contributed by atoms with E-state index in [-0.39, 0.29) is 0 Å². The molecule has 1 heterocycles. The zero-order valence-electron chi connectivity index (χ0n) is 16.7. The summed E-state index contributed by atoms with van der Waals surface area (Å²) >= 11 is 1.60. The van der Waals surface area contributed by atoms with Gasteiger partial charge in [0.25, 0.3) is 0 Å². The number of hydrogen-bond acceptors (Lipinski definition) is 5. The number of aryl methyl sites for hydroxylation is 1. The Kier molecular flexibility index (Phi) is 6.57. The van der Waals surface area contributed by atoms with Gasteiger partial charge in [0.05, 0.1) is 6.21 Å². The summed E-state index contributed by atoms with van der Waals surface area (Å²) in [5.41, 5.74) is 4.52. The molecule has 0 fully saturated rings. The Hall–Kier alpha value is -3.38. The fourth-order valence-electron chi connectivity index (χ4n) is 2.80. The molecule has 3 aromatic carbocycles. The molecule has 0 aliphatic carbocycles. The zero-order chi connectivity index (χ0) is 20.6. The van der Waals surface area contributed by atoms with Gasteiger partial charge in [-0.1, -0.05) is 84.1 Å². The minimum Gasteiger partial charge on any atom is -0.488 e. The molecule has 1 aromatic heterocycles. The lowest BCUT2D eigenvalue weighted by molar-refractivity contribution is 0.306. The van der Waals surface area contributed by atoms with Crippen molar-refractivity contribution in [2.75, 3.05) is 0 Å². The van der Waals surface area contributed by atoms with Crippen molar-refractivity contribution in [3.63, 3.8) is 0 Å². The third-order valence-corrected chi connectivity index (χ3v) is 5.47. The Bertz CT molecular complexity index is 1110. The van der Waals surface area contributed by atoms with Crippen molar-refractivity contribution in [3.05, 3.63) is 107 Å². The van der Waals surface area contributed by atoms with Crippen LogP contribution in [0.15, 0.2) is 95.4 Å². The summed E-state index contributed by atoms with van der Waals surface area (Å²) in [7, 11) is 0. The second-order valence-corrected chi connectivity index (χ2v) is 7.73. The average molecular weight is 415 g/mol. The Balaban J connectivity index is 1.43. The maximum Gasteiger partial charge on any atom is 0.212 e. The van der Waals surface area contributed by atoms with E-state index in [0.717, 1.165) is 27.8 Å². The highest BCUT2D eigenvalue weighted by atomic mass is 32.2. The van der Waals surface area contributed by atoms with Crippen LogP contribution in [0.25, 0.3) is 0 Å². The molecule has 0 radical (unpaired) electrons. The van der Waals surface area contributed by atoms with Crippen LogP contribution < -0.4 is 4.74 Å². The molecule has 0 N–H and O–H groups in total. The molecule has 0 aliphatic heterocycles. The summed E-state index contributed by atoms with van der Waals surface area (Å²) < 4.78 is 7.69. The summed E-state index contributed by atoms with van der Waals surface area (Å²) in [6.45, 7) is 2.60. The van der Waals surface area contributed by atoms with Crippen molar-refractivity contribution >= 4 is 18.0 Å². The highest BCUT2D eigenvalue weighted by Gasteiger charge is 2.06. The largest absolute Gasteiger partial charge is 0.488 e. The molecule has 0 saturated carbocycles. The SMILES string of the molecule is Cc1ccc(CSc2nncn2N=Cc2ccccc2OCc2ccccc2)cc1. The van der Waals surface area contributed by atoms with Gasteiger partial charge in [0.1, 0.15) is 18.7 Å². The van der Waals surface area contributed by atoms with Crippen LogP contribution in [0.1, 0.15) is 22.3 Å². The third kappa shape index (κ3) is 5.36. The van der Waals surface area contributed by atoms with Crippen molar-refractivity contribution < 1.29 is 4.74 Å². The first-order valence-electron chi connectivity index (χ1n) is 9.66. The molecular formula is C24H22N4OS. The smallest absolute Gasteiger partial charge is 0.212 e. The van der Waals surface area contributed by atoms with E-state index in [0.29, 0.717) is 6.61 Å². The molecule has 5 nitrogen and oxygen atoms in total. The first-order valence-corrected chi connectivity index (χ1v) is 10.6. The summed E-state index contributed by atoms with van der Waals surface area (Å²) in [6, 6.07) is 26.5. The van der Waals surface area contributed by atoms with Crippen LogP contribution in [0.4, 0.5) is 0 Å². The van der Waals surface area contributed by atoms with E-state index in [2.05, 4.69) is 46.5 Å². The van der Waals surface area contributed by atoms with E-state index < -0.39 is 0 Å². The topological polar surface area (TPSA) is 52.3 Å². The monoisotopic (exact) mass is 414 g/mol. The van der Waals surface area contributed by atoms with E-state index in [1.807, 2.05) is 54.6 Å². The van der Waals surface area contributed by atoms with Crippen molar-refractivity contribution in [2.45, 2.75) is 24.4 Å². The van der Waals surface area contributed by atoms with Gasteiger partial charge in [-0.05, 0) is 30.2 Å². The molecular weight excluding hydrogens is 392 g/mol. The minimum absolute atomic E-state index is 0.510. The van der Waals surface area contributed by atoms with Crippen LogP contribution >= 0.6 is 11.8 Å². The predicted molar refractivity (Wildman–Crippen MR) is 121 cm³/mol. The van der Waals surface area contributed by atoms with Crippen LogP contribution in [-0.2, 0) is 12.4 Å². The van der Waals surface area contributed by atoms with Crippen molar-refractivity contribution in [1.29, 1.82) is 0 Å². The van der Waals surface area contributed by atoms with Crippen molar-refractivity contribution in [3.8, 4) is 5.75 Å². The van der Waals surface area contributed by atoms with E-state index in [4.69, 9.17) is 4.74 Å². The number of nitrogens with zero attached hydrogens (tertiary/aromatic N) is 4. The predicted octanol–water partition coefficient (Wildman–Crippen LogP) is 5.34. The van der Waals surface area contributed by atoms with Crippen LogP contribution in [0.2, 0.25) is 0 Å². The number of benzene rings is 3. The van der Waals surface area contributed by atoms with E-state index in [1.54, 1.807) is 29.0 Å². The maximum absolute atomic E-state index is 6.00. The lowest BCUT2D eigenvalue weighted by Gasteiger charge is -2.09. The van der Waals surface area contributed by atoms with Gasteiger partial charge in [-0.25, -0.2) is 0 Å². The number of rotatable bonds is 8. The Morgan fingerprint density at radius 3 is 2.53 bits per heavy atom. The highest BCUT2D eigenvalue weighted by Crippen LogP contribution is 2.22. The Labute approximate surface area is 180 Å². The Morgan fingerprint density at radius 2 is 1.70 bits per heavy atom. The average Bonchev–Trinajstić information content (AvgIpc) is 3.24. The van der Waals surface area contributed by atoms with E-state index in [1.165, 1.54) is 11.1 Å². The molecule has 0 unspecified atom stereocenters. The van der Waals surface area contributed by atoms with Crippen LogP contribution in [0.5, 0.6) is 5.75 Å². The molecule has 30 heavy (non-hydrogen) atoms. The van der Waals surface area contributed by atoms with Gasteiger partial charge in [-0.3, -0.25) is 0 Å². The molecule has 4 rings (SSSR count). The van der Waals surface area contributed by atoms with Gasteiger partial charge in [-0.15, -0.1) is 10.2 Å². The highest BCUT2D eigenvalue weighted by molar-refractivity contribution is 7.98. The minimum atomic E-state index is 0.510. The zero-order valence-corrected chi connectivity index (χ0v) is 17.5. The quantitative estimate of drug-likeness (QED) is 0.288. The lowest BCUT2D eigenvalue weighted by Crippen LogP contribution is -1.99. The molecule has 0 atom stereocenters. The number of para-hydroxylation sites is 1. The van der Waals surface area contributed by atoms with Crippen molar-refractivity contribution in [1.82, 2.24) is 14.9 Å². The van der Waals surface area contributed by atoms with E-state index in [9.17, 15) is 0 Å². The molecule has 0 aliphatic rings. The van der Waals surface area contributed by atoms with Gasteiger partial charge in [0.2, 0.25) is 5.16 Å². The van der Waals surface area contributed by atoms with Gasteiger partial charge in [0.15, 0.2) is 0 Å². The standard InChI is InChI=1S/C24H22N4OS/c1-19-11-13-21(14-12-19)17-30-24-27-25-18-28(24)26-15-22-9-5-6-10-23(22)29-16-20-7-3-2-4-8-20/h2-15,18H,16-17H2,1H3. The van der Waals surface area contributed by atoms with Gasteiger partial charge in [-0.2, -0.15) is 9.78 Å². The molecule has 150 valence electrons. The Morgan fingerprint density at radius 1 is 0.933 bits per heavy atom. The summed E-state index contributed by atoms with van der Waals surface area (Å²) in [6.07, 6.45) is 3.39. The fraction of sp³-hybridized carbons (Fsp3) is 0.125. The molecule has 0 bridgehead atoms. The molecule has 0 amide bonds. The summed E-state index contributed by atoms with van der Waals surface area (Å²) in [4.78, 5) is 0. The van der Waals surface area contributed by atoms with E-state index >= 15 is 0 Å². The number of hydrogen-bond donors (Lipinski definition) is 0. The second-order valence-electron chi connectivity index (χ2n) is 6.79. The summed E-state index contributed by atoms with van der Waals surface area (Å²) in [5.74, 6) is 1.60. The molecule has 4 aromatic rings. The first kappa shape index (κ1) is 19.9. The first-order chi connectivity index (χ1) is 14.8. The van der Waals surface area contributed by atoms with Crippen LogP contribution in [-0.4, -0.2) is 21.1 Å². The van der Waals surface area contributed by atoms with Crippen molar-refractivity contribution in [2.24, 2.45) is 5.10 Å². The third-order valence-electron chi connectivity index (χ3n) is 4.47.